The van der Waals surface area contributed by atoms with Crippen LogP contribution in [0.25, 0.3) is 0 Å². The van der Waals surface area contributed by atoms with Crippen LogP contribution in [0.5, 0.6) is 5.75 Å². The Labute approximate surface area is 226 Å². The third-order valence-electron chi connectivity index (χ3n) is 8.50. The van der Waals surface area contributed by atoms with Gasteiger partial charge in [0.05, 0.1) is 17.2 Å². The van der Waals surface area contributed by atoms with Crippen LogP contribution in [0.3, 0.4) is 0 Å². The molecule has 2 heterocycles. The van der Waals surface area contributed by atoms with E-state index in [2.05, 4.69) is 34.1 Å². The Hall–Kier alpha value is -2.24. The molecule has 2 aromatic carbocycles. The lowest BCUT2D eigenvalue weighted by Gasteiger charge is -2.26. The zero-order valence-electron chi connectivity index (χ0n) is 21.8. The molecule has 2 aliphatic heterocycles. The summed E-state index contributed by atoms with van der Waals surface area (Å²) in [7, 11) is 0. The Kier molecular flexibility index (Phi) is 7.62. The smallest absolute Gasteiger partial charge is 0.138 e. The van der Waals surface area contributed by atoms with Gasteiger partial charge in [0.2, 0.25) is 0 Å². The average Bonchev–Trinajstić information content (AvgIpc) is 3.34. The molecule has 5 nitrogen and oxygen atoms in total. The van der Waals surface area contributed by atoms with Crippen LogP contribution in [-0.4, -0.2) is 55.7 Å². The number of benzene rings is 2. The van der Waals surface area contributed by atoms with Crippen LogP contribution in [0.4, 0.5) is 5.69 Å². The molecule has 1 saturated carbocycles. The summed E-state index contributed by atoms with van der Waals surface area (Å²) < 4.78 is 5.91. The predicted octanol–water partition coefficient (Wildman–Crippen LogP) is 5.05. The third kappa shape index (κ3) is 6.26. The van der Waals surface area contributed by atoms with E-state index < -0.39 is 0 Å². The van der Waals surface area contributed by atoms with Gasteiger partial charge < -0.3 is 24.6 Å². The molecule has 0 bridgehead atoms. The molecule has 1 unspecified atom stereocenters. The summed E-state index contributed by atoms with van der Waals surface area (Å²) >= 11 is 6.54. The molecule has 0 N–H and O–H groups in total. The molecule has 0 amide bonds. The molecule has 0 spiro atoms. The van der Waals surface area contributed by atoms with Crippen molar-refractivity contribution in [2.45, 2.75) is 76.4 Å². The number of hydrogen-bond acceptors (Lipinski definition) is 5. The van der Waals surface area contributed by atoms with Gasteiger partial charge in [-0.2, -0.15) is 0 Å². The Morgan fingerprint density at radius 2 is 1.78 bits per heavy atom. The Bertz CT molecular complexity index is 1130. The zero-order chi connectivity index (χ0) is 25.2. The summed E-state index contributed by atoms with van der Waals surface area (Å²) in [5.41, 5.74) is 5.40. The fourth-order valence-electron chi connectivity index (χ4n) is 6.22. The maximum absolute atomic E-state index is 13.4. The Morgan fingerprint density at radius 1 is 0.973 bits per heavy atom. The van der Waals surface area contributed by atoms with Crippen molar-refractivity contribution in [2.24, 2.45) is 10.9 Å². The van der Waals surface area contributed by atoms with Gasteiger partial charge in [-0.25, -0.2) is 0 Å². The van der Waals surface area contributed by atoms with Crippen molar-refractivity contribution < 1.29 is 9.84 Å². The first-order valence-corrected chi connectivity index (χ1v) is 14.8. The van der Waals surface area contributed by atoms with Crippen molar-refractivity contribution in [3.63, 3.8) is 0 Å². The number of aryl methyl sites for hydroxylation is 2. The Balaban J connectivity index is 1.14. The molecule has 2 atom stereocenters. The lowest BCUT2D eigenvalue weighted by Crippen LogP contribution is -2.36. The third-order valence-corrected chi connectivity index (χ3v) is 8.79. The minimum Gasteiger partial charge on any atom is -0.862 e. The van der Waals surface area contributed by atoms with Crippen molar-refractivity contribution in [3.05, 3.63) is 58.1 Å². The number of rotatable bonds is 9. The highest BCUT2D eigenvalue weighted by atomic mass is 35.5. The van der Waals surface area contributed by atoms with Crippen LogP contribution < -0.4 is 14.7 Å². The molecule has 4 aliphatic rings. The molecule has 2 aliphatic carbocycles. The van der Waals surface area contributed by atoms with E-state index in [1.807, 2.05) is 12.1 Å². The van der Waals surface area contributed by atoms with Gasteiger partial charge in [-0.05, 0) is 124 Å². The summed E-state index contributed by atoms with van der Waals surface area (Å²) in [4.78, 5) is 9.69. The molecule has 2 saturated heterocycles. The predicted molar refractivity (Wildman–Crippen MR) is 149 cm³/mol. The molecule has 3 fully saturated rings. The highest BCUT2D eigenvalue weighted by Crippen LogP contribution is 2.33. The van der Waals surface area contributed by atoms with Gasteiger partial charge in [0.15, 0.2) is 0 Å². The molecular formula is C31H39ClN3O2-. The molecule has 0 aromatic heterocycles. The lowest BCUT2D eigenvalue weighted by molar-refractivity contribution is -0.223. The summed E-state index contributed by atoms with van der Waals surface area (Å²) in [6, 6.07) is 13.0. The molecule has 0 radical (unpaired) electrons. The normalized spacial score (nSPS) is 23.3. The fraction of sp³-hybridized carbons (Fsp3) is 0.581. The summed E-state index contributed by atoms with van der Waals surface area (Å²) in [5.74, 6) is 0.824. The van der Waals surface area contributed by atoms with Gasteiger partial charge in [0.1, 0.15) is 5.75 Å². The van der Waals surface area contributed by atoms with Crippen LogP contribution in [0, 0.1) is 5.92 Å². The minimum atomic E-state index is -0.0466. The van der Waals surface area contributed by atoms with Gasteiger partial charge in [-0.15, -0.1) is 0 Å². The van der Waals surface area contributed by atoms with E-state index in [1.165, 1.54) is 55.3 Å². The van der Waals surface area contributed by atoms with Crippen LogP contribution in [0.1, 0.15) is 61.6 Å². The van der Waals surface area contributed by atoms with Crippen LogP contribution in [0.2, 0.25) is 5.02 Å². The van der Waals surface area contributed by atoms with Gasteiger partial charge in [0.25, 0.3) is 0 Å². The maximum Gasteiger partial charge on any atom is 0.138 e. The Morgan fingerprint density at radius 3 is 2.57 bits per heavy atom. The largest absolute Gasteiger partial charge is 0.862 e. The van der Waals surface area contributed by atoms with E-state index in [1.54, 1.807) is 0 Å². The topological polar surface area (TPSA) is 51.1 Å². The SMILES string of the molecule is [O-]C(=NC(Cc1ccc(OC2CC2)c(Cl)c1)CN1CCCC1)[C@@H]1CCN(c2ccc3c(c2)CCCC3)C1. The van der Waals surface area contributed by atoms with Crippen LogP contribution in [-0.2, 0) is 19.3 Å². The quantitative estimate of drug-likeness (QED) is 0.343. The van der Waals surface area contributed by atoms with E-state index in [9.17, 15) is 5.11 Å². The standard InChI is InChI=1S/C31H40ClN3O2/c32-29-18-22(7-12-30(29)37-28-10-11-28)17-26(21-34-14-3-4-15-34)33-31(36)25-13-16-35(20-25)27-9-8-23-5-1-2-6-24(23)19-27/h7-9,12,18-19,25-26,28H,1-6,10-11,13-17,20-21H2,(H,33,36)/p-1/t25-,26?/m1/s1. The number of halogens is 1. The van der Waals surface area contributed by atoms with Crippen molar-refractivity contribution in [3.8, 4) is 5.75 Å². The number of anilines is 1. The highest BCUT2D eigenvalue weighted by Gasteiger charge is 2.26. The second-order valence-corrected chi connectivity index (χ2v) is 11.9. The number of aliphatic imine (C=N–C) groups is 1. The molecule has 6 heteroatoms. The second kappa shape index (κ2) is 11.2. The molecule has 37 heavy (non-hydrogen) atoms. The second-order valence-electron chi connectivity index (χ2n) is 11.5. The van der Waals surface area contributed by atoms with E-state index >= 15 is 0 Å². The van der Waals surface area contributed by atoms with Crippen molar-refractivity contribution in [1.82, 2.24) is 4.90 Å². The number of fused-ring (bicyclic) bond motifs is 1. The van der Waals surface area contributed by atoms with Gasteiger partial charge in [-0.3, -0.25) is 0 Å². The van der Waals surface area contributed by atoms with E-state index in [0.29, 0.717) is 11.1 Å². The monoisotopic (exact) mass is 520 g/mol. The molecule has 2 aromatic rings. The van der Waals surface area contributed by atoms with Crippen molar-refractivity contribution in [1.29, 1.82) is 0 Å². The zero-order valence-corrected chi connectivity index (χ0v) is 22.6. The van der Waals surface area contributed by atoms with E-state index in [0.717, 1.165) is 69.7 Å². The summed E-state index contributed by atoms with van der Waals surface area (Å²) in [6.45, 7) is 4.75. The number of likely N-dealkylation sites (tertiary alicyclic amines) is 1. The highest BCUT2D eigenvalue weighted by molar-refractivity contribution is 6.32. The summed E-state index contributed by atoms with van der Waals surface area (Å²) in [6.07, 6.45) is 11.6. The fourth-order valence-corrected chi connectivity index (χ4v) is 6.46. The van der Waals surface area contributed by atoms with Crippen molar-refractivity contribution in [2.75, 3.05) is 37.6 Å². The first kappa shape index (κ1) is 25.1. The number of nitrogens with zero attached hydrogens (tertiary/aromatic N) is 3. The number of ether oxygens (including phenoxy) is 1. The van der Waals surface area contributed by atoms with Crippen molar-refractivity contribution >= 4 is 23.2 Å². The molecule has 6 rings (SSSR count). The average molecular weight is 521 g/mol. The van der Waals surface area contributed by atoms with Gasteiger partial charge >= 0.3 is 0 Å². The number of hydrogen-bond donors (Lipinski definition) is 0. The summed E-state index contributed by atoms with van der Waals surface area (Å²) in [5, 5.41) is 14.1. The first-order chi connectivity index (χ1) is 18.1. The van der Waals surface area contributed by atoms with Crippen LogP contribution >= 0.6 is 11.6 Å². The molecule has 198 valence electrons. The minimum absolute atomic E-state index is 0.0185. The maximum atomic E-state index is 13.4. The van der Waals surface area contributed by atoms with E-state index in [-0.39, 0.29) is 17.9 Å². The first-order valence-electron chi connectivity index (χ1n) is 14.4. The van der Waals surface area contributed by atoms with Gasteiger partial charge in [0, 0.05) is 31.2 Å². The van der Waals surface area contributed by atoms with E-state index in [4.69, 9.17) is 21.3 Å². The lowest BCUT2D eigenvalue weighted by atomic mass is 9.91. The van der Waals surface area contributed by atoms with Gasteiger partial charge in [-0.1, -0.05) is 23.7 Å². The molecular weight excluding hydrogens is 482 g/mol. The van der Waals surface area contributed by atoms with Crippen LogP contribution in [0.15, 0.2) is 41.4 Å².